The number of hydrogen-bond acceptors (Lipinski definition) is 3. The molecule has 0 atom stereocenters. The largest absolute Gasteiger partial charge is 0.494 e. The predicted molar refractivity (Wildman–Crippen MR) is 75.1 cm³/mol. The molecular formula is C14H14N4O. The van der Waals surface area contributed by atoms with Gasteiger partial charge in [0.15, 0.2) is 5.88 Å². The first kappa shape index (κ1) is 11.5. The van der Waals surface area contributed by atoms with Crippen molar-refractivity contribution in [2.75, 3.05) is 0 Å². The topological polar surface area (TPSA) is 66.2 Å². The van der Waals surface area contributed by atoms with Crippen LogP contribution in [-0.4, -0.2) is 26.1 Å². The monoisotopic (exact) mass is 254 g/mol. The quantitative estimate of drug-likeness (QED) is 0.706. The third kappa shape index (κ3) is 1.99. The van der Waals surface area contributed by atoms with Crippen molar-refractivity contribution in [1.82, 2.24) is 14.8 Å². The number of fused-ring (bicyclic) bond motifs is 1. The number of H-pyrrole nitrogens is 1. The maximum atomic E-state index is 9.92. The van der Waals surface area contributed by atoms with Crippen LogP contribution in [0.15, 0.2) is 41.5 Å². The van der Waals surface area contributed by atoms with Gasteiger partial charge in [-0.15, -0.1) is 0 Å². The Morgan fingerprint density at radius 3 is 3.05 bits per heavy atom. The zero-order chi connectivity index (χ0) is 13.2. The molecule has 5 heteroatoms. The molecule has 96 valence electrons. The Labute approximate surface area is 110 Å². The smallest absolute Gasteiger partial charge is 0.198 e. The summed E-state index contributed by atoms with van der Waals surface area (Å²) in [6.45, 7) is 2.77. The molecular weight excluding hydrogens is 240 g/mol. The van der Waals surface area contributed by atoms with Gasteiger partial charge in [0.1, 0.15) is 5.82 Å². The van der Waals surface area contributed by atoms with Crippen molar-refractivity contribution >= 4 is 22.9 Å². The van der Waals surface area contributed by atoms with Crippen molar-refractivity contribution in [3.63, 3.8) is 0 Å². The molecule has 0 spiro atoms. The van der Waals surface area contributed by atoms with E-state index in [-0.39, 0.29) is 5.88 Å². The van der Waals surface area contributed by atoms with Gasteiger partial charge in [-0.1, -0.05) is 18.2 Å². The van der Waals surface area contributed by atoms with Gasteiger partial charge in [-0.05, 0) is 13.0 Å². The molecule has 0 amide bonds. The zero-order valence-electron chi connectivity index (χ0n) is 10.5. The number of nitrogens with zero attached hydrogens (tertiary/aromatic N) is 3. The fourth-order valence-corrected chi connectivity index (χ4v) is 2.09. The van der Waals surface area contributed by atoms with Crippen molar-refractivity contribution in [3.05, 3.63) is 42.1 Å². The van der Waals surface area contributed by atoms with Gasteiger partial charge in [-0.3, -0.25) is 0 Å². The molecule has 0 bridgehead atoms. The van der Waals surface area contributed by atoms with Crippen LogP contribution in [0.3, 0.4) is 0 Å². The summed E-state index contributed by atoms with van der Waals surface area (Å²) in [5.41, 5.74) is 1.59. The summed E-state index contributed by atoms with van der Waals surface area (Å²) in [5.74, 6) is 0.902. The number of rotatable bonds is 3. The Kier molecular flexibility index (Phi) is 2.79. The molecule has 2 N–H and O–H groups in total. The van der Waals surface area contributed by atoms with Gasteiger partial charge in [0.25, 0.3) is 0 Å². The minimum atomic E-state index is 0.132. The highest BCUT2D eigenvalue weighted by Gasteiger charge is 2.08. The lowest BCUT2D eigenvalue weighted by Gasteiger charge is -1.98. The second-order valence-electron chi connectivity index (χ2n) is 4.20. The van der Waals surface area contributed by atoms with E-state index in [2.05, 4.69) is 15.1 Å². The molecule has 5 nitrogen and oxygen atoms in total. The van der Waals surface area contributed by atoms with E-state index in [9.17, 15) is 5.11 Å². The number of para-hydroxylation sites is 1. The number of aromatic nitrogens is 3. The van der Waals surface area contributed by atoms with Gasteiger partial charge in [0, 0.05) is 29.7 Å². The second-order valence-corrected chi connectivity index (χ2v) is 4.20. The minimum Gasteiger partial charge on any atom is -0.494 e. The van der Waals surface area contributed by atoms with Crippen LogP contribution in [0, 0.1) is 0 Å². The number of aryl methyl sites for hydroxylation is 1. The zero-order valence-corrected chi connectivity index (χ0v) is 10.5. The summed E-state index contributed by atoms with van der Waals surface area (Å²) in [6, 6.07) is 9.56. The first-order chi connectivity index (χ1) is 9.29. The Balaban J connectivity index is 2.04. The standard InChI is InChI=1S/C14H14N4O/c1-2-18-13(7-8-16-18)15-9-11-10-5-3-4-6-12(10)17-14(11)19/h3-9,17,19H,2H2,1H3. The van der Waals surface area contributed by atoms with Gasteiger partial charge < -0.3 is 10.1 Å². The summed E-state index contributed by atoms with van der Waals surface area (Å²) in [6.07, 6.45) is 3.38. The molecule has 0 aliphatic carbocycles. The summed E-state index contributed by atoms with van der Waals surface area (Å²) in [4.78, 5) is 7.31. The first-order valence-electron chi connectivity index (χ1n) is 6.15. The molecule has 2 heterocycles. The van der Waals surface area contributed by atoms with Gasteiger partial charge >= 0.3 is 0 Å². The second kappa shape index (κ2) is 4.61. The molecule has 3 rings (SSSR count). The Bertz CT molecular complexity index is 739. The van der Waals surface area contributed by atoms with Gasteiger partial charge in [0.2, 0.25) is 0 Å². The molecule has 1 aromatic carbocycles. The van der Waals surface area contributed by atoms with Crippen molar-refractivity contribution < 1.29 is 5.11 Å². The maximum absolute atomic E-state index is 9.92. The molecule has 0 aliphatic rings. The molecule has 19 heavy (non-hydrogen) atoms. The van der Waals surface area contributed by atoms with E-state index in [1.54, 1.807) is 17.1 Å². The number of hydrogen-bond donors (Lipinski definition) is 2. The maximum Gasteiger partial charge on any atom is 0.198 e. The average Bonchev–Trinajstić information content (AvgIpc) is 2.99. The summed E-state index contributed by atoms with van der Waals surface area (Å²) in [7, 11) is 0. The van der Waals surface area contributed by atoms with Gasteiger partial charge in [-0.2, -0.15) is 5.10 Å². The molecule has 0 saturated heterocycles. The van der Waals surface area contributed by atoms with E-state index in [1.165, 1.54) is 0 Å². The van der Waals surface area contributed by atoms with Crippen LogP contribution in [-0.2, 0) is 6.54 Å². The van der Waals surface area contributed by atoms with Crippen LogP contribution < -0.4 is 0 Å². The highest BCUT2D eigenvalue weighted by atomic mass is 16.3. The molecule has 2 aromatic heterocycles. The van der Waals surface area contributed by atoms with Crippen molar-refractivity contribution in [2.24, 2.45) is 4.99 Å². The lowest BCUT2D eigenvalue weighted by Crippen LogP contribution is -1.94. The average molecular weight is 254 g/mol. The number of nitrogens with one attached hydrogen (secondary N) is 1. The third-order valence-corrected chi connectivity index (χ3v) is 3.04. The van der Waals surface area contributed by atoms with Crippen molar-refractivity contribution in [2.45, 2.75) is 13.5 Å². The van der Waals surface area contributed by atoms with E-state index < -0.39 is 0 Å². The lowest BCUT2D eigenvalue weighted by atomic mass is 10.2. The van der Waals surface area contributed by atoms with E-state index in [4.69, 9.17) is 0 Å². The van der Waals surface area contributed by atoms with Crippen LogP contribution in [0.2, 0.25) is 0 Å². The molecule has 0 radical (unpaired) electrons. The normalized spacial score (nSPS) is 11.6. The number of aliphatic imine (C=N–C) groups is 1. The highest BCUT2D eigenvalue weighted by Crippen LogP contribution is 2.25. The Morgan fingerprint density at radius 1 is 1.37 bits per heavy atom. The Morgan fingerprint density at radius 2 is 2.21 bits per heavy atom. The summed E-state index contributed by atoms with van der Waals surface area (Å²) in [5, 5.41) is 15.0. The predicted octanol–water partition coefficient (Wildman–Crippen LogP) is 2.84. The van der Waals surface area contributed by atoms with Gasteiger partial charge in [0.05, 0.1) is 11.8 Å². The SMILES string of the molecule is CCn1nccc1N=Cc1c(O)[nH]c2ccccc12. The lowest BCUT2D eigenvalue weighted by molar-refractivity contribution is 0.457. The fraction of sp³-hybridized carbons (Fsp3) is 0.143. The van der Waals surface area contributed by atoms with E-state index in [0.29, 0.717) is 5.56 Å². The van der Waals surface area contributed by atoms with Crippen LogP contribution in [0.5, 0.6) is 5.88 Å². The minimum absolute atomic E-state index is 0.132. The number of aromatic amines is 1. The fourth-order valence-electron chi connectivity index (χ4n) is 2.09. The molecule has 0 fully saturated rings. The van der Waals surface area contributed by atoms with Crippen LogP contribution >= 0.6 is 0 Å². The van der Waals surface area contributed by atoms with Crippen molar-refractivity contribution in [3.8, 4) is 5.88 Å². The van der Waals surface area contributed by atoms with E-state index in [0.717, 1.165) is 23.3 Å². The third-order valence-electron chi connectivity index (χ3n) is 3.04. The van der Waals surface area contributed by atoms with E-state index >= 15 is 0 Å². The molecule has 0 unspecified atom stereocenters. The van der Waals surface area contributed by atoms with Crippen LogP contribution in [0.1, 0.15) is 12.5 Å². The van der Waals surface area contributed by atoms with Crippen LogP contribution in [0.4, 0.5) is 5.82 Å². The Hall–Kier alpha value is -2.56. The van der Waals surface area contributed by atoms with E-state index in [1.807, 2.05) is 37.3 Å². The number of benzene rings is 1. The van der Waals surface area contributed by atoms with Crippen LogP contribution in [0.25, 0.3) is 10.9 Å². The summed E-state index contributed by atoms with van der Waals surface area (Å²) >= 11 is 0. The van der Waals surface area contributed by atoms with Gasteiger partial charge in [-0.25, -0.2) is 9.67 Å². The summed E-state index contributed by atoms with van der Waals surface area (Å²) < 4.78 is 1.79. The highest BCUT2D eigenvalue weighted by molar-refractivity contribution is 6.02. The molecule has 0 aliphatic heterocycles. The number of aromatic hydroxyl groups is 1. The molecule has 3 aromatic rings. The van der Waals surface area contributed by atoms with Crippen molar-refractivity contribution in [1.29, 1.82) is 0 Å². The first-order valence-corrected chi connectivity index (χ1v) is 6.15. The molecule has 0 saturated carbocycles.